The lowest BCUT2D eigenvalue weighted by atomic mass is 9.78. The van der Waals surface area contributed by atoms with Crippen LogP contribution in [0.25, 0.3) is 0 Å². The number of hydrogen-bond acceptors (Lipinski definition) is 4. The summed E-state index contributed by atoms with van der Waals surface area (Å²) in [4.78, 5) is 25.4. The first-order valence-corrected chi connectivity index (χ1v) is 8.99. The van der Waals surface area contributed by atoms with Crippen molar-refractivity contribution in [2.24, 2.45) is 5.41 Å². The number of unbranched alkanes of at least 4 members (excludes halogenated alkanes) is 2. The maximum Gasteiger partial charge on any atom is 0.323 e. The van der Waals surface area contributed by atoms with Crippen LogP contribution in [0, 0.1) is 5.41 Å². The zero-order chi connectivity index (χ0) is 16.4. The molecule has 0 bridgehead atoms. The Balaban J connectivity index is 2.91. The Kier molecular flexibility index (Phi) is 8.51. The highest BCUT2D eigenvalue weighted by atomic mass is 16.6. The average Bonchev–Trinajstić information content (AvgIpc) is 3.01. The van der Waals surface area contributed by atoms with Crippen molar-refractivity contribution in [3.63, 3.8) is 0 Å². The molecular formula is C18H32O4. The van der Waals surface area contributed by atoms with E-state index in [0.717, 1.165) is 51.4 Å². The Morgan fingerprint density at radius 1 is 0.955 bits per heavy atom. The Morgan fingerprint density at radius 2 is 1.50 bits per heavy atom. The first-order valence-electron chi connectivity index (χ1n) is 8.99. The summed E-state index contributed by atoms with van der Waals surface area (Å²) in [6, 6.07) is 0. The van der Waals surface area contributed by atoms with Gasteiger partial charge in [-0.05, 0) is 45.4 Å². The van der Waals surface area contributed by atoms with E-state index in [4.69, 9.17) is 9.47 Å². The van der Waals surface area contributed by atoms with Crippen LogP contribution in [0.2, 0.25) is 0 Å². The third kappa shape index (κ3) is 4.99. The normalized spacial score (nSPS) is 15.8. The van der Waals surface area contributed by atoms with Gasteiger partial charge >= 0.3 is 11.9 Å². The fraction of sp³-hybridized carbons (Fsp3) is 0.889. The fourth-order valence-corrected chi connectivity index (χ4v) is 3.11. The monoisotopic (exact) mass is 312 g/mol. The van der Waals surface area contributed by atoms with Crippen molar-refractivity contribution in [1.82, 2.24) is 0 Å². The lowest BCUT2D eigenvalue weighted by Gasteiger charge is -2.30. The molecule has 1 aliphatic rings. The predicted octanol–water partition coefficient (Wildman–Crippen LogP) is 4.40. The minimum absolute atomic E-state index is 0.00967. The van der Waals surface area contributed by atoms with Gasteiger partial charge in [0.25, 0.3) is 0 Å². The molecule has 0 amide bonds. The van der Waals surface area contributed by atoms with Crippen LogP contribution in [0.3, 0.4) is 0 Å². The molecule has 0 unspecified atom stereocenters. The van der Waals surface area contributed by atoms with Crippen LogP contribution < -0.4 is 0 Å². The first-order chi connectivity index (χ1) is 10.6. The van der Waals surface area contributed by atoms with Gasteiger partial charge in [0.1, 0.15) is 6.10 Å². The van der Waals surface area contributed by atoms with Crippen molar-refractivity contribution in [1.29, 1.82) is 0 Å². The van der Waals surface area contributed by atoms with Gasteiger partial charge in [0.2, 0.25) is 0 Å². The maximum absolute atomic E-state index is 12.8. The van der Waals surface area contributed by atoms with Crippen LogP contribution >= 0.6 is 0 Å². The number of rotatable bonds is 10. The number of esters is 2. The molecule has 0 aromatic carbocycles. The maximum atomic E-state index is 12.8. The third-order valence-electron chi connectivity index (χ3n) is 4.55. The second kappa shape index (κ2) is 9.86. The summed E-state index contributed by atoms with van der Waals surface area (Å²) in [5.41, 5.74) is -1.09. The van der Waals surface area contributed by atoms with E-state index in [1.165, 1.54) is 0 Å². The van der Waals surface area contributed by atoms with Crippen molar-refractivity contribution in [2.75, 3.05) is 6.61 Å². The van der Waals surface area contributed by atoms with Crippen LogP contribution in [0.4, 0.5) is 0 Å². The molecule has 0 N–H and O–H groups in total. The summed E-state index contributed by atoms with van der Waals surface area (Å²) >= 11 is 0. The van der Waals surface area contributed by atoms with Gasteiger partial charge in [0, 0.05) is 0 Å². The van der Waals surface area contributed by atoms with Gasteiger partial charge < -0.3 is 9.47 Å². The molecule has 128 valence electrons. The first kappa shape index (κ1) is 19.0. The van der Waals surface area contributed by atoms with Gasteiger partial charge in [-0.15, -0.1) is 0 Å². The molecule has 0 aromatic rings. The molecular weight excluding hydrogens is 280 g/mol. The summed E-state index contributed by atoms with van der Waals surface area (Å²) in [6.45, 7) is 6.22. The lowest BCUT2D eigenvalue weighted by Crippen LogP contribution is -2.43. The van der Waals surface area contributed by atoms with Crippen molar-refractivity contribution >= 4 is 11.9 Å². The van der Waals surface area contributed by atoms with Gasteiger partial charge in [-0.2, -0.15) is 0 Å². The summed E-state index contributed by atoms with van der Waals surface area (Å²) in [6.07, 6.45) is 8.69. The number of hydrogen-bond donors (Lipinski definition) is 0. The number of carbonyl (C=O) groups is 2. The zero-order valence-electron chi connectivity index (χ0n) is 14.5. The second-order valence-corrected chi connectivity index (χ2v) is 6.32. The average molecular weight is 312 g/mol. The van der Waals surface area contributed by atoms with Crippen molar-refractivity contribution in [2.45, 2.75) is 91.1 Å². The molecule has 0 aliphatic heterocycles. The van der Waals surface area contributed by atoms with E-state index in [2.05, 4.69) is 13.8 Å². The topological polar surface area (TPSA) is 52.6 Å². The zero-order valence-corrected chi connectivity index (χ0v) is 14.5. The van der Waals surface area contributed by atoms with Crippen LogP contribution in [0.15, 0.2) is 0 Å². The van der Waals surface area contributed by atoms with E-state index in [9.17, 15) is 9.59 Å². The van der Waals surface area contributed by atoms with E-state index in [1.54, 1.807) is 6.92 Å². The second-order valence-electron chi connectivity index (χ2n) is 6.32. The molecule has 4 heteroatoms. The quantitative estimate of drug-likeness (QED) is 0.443. The molecule has 1 aliphatic carbocycles. The molecule has 0 spiro atoms. The largest absolute Gasteiger partial charge is 0.465 e. The molecule has 1 rings (SSSR count). The molecule has 0 saturated heterocycles. The Labute approximate surface area is 134 Å². The molecule has 0 aromatic heterocycles. The highest BCUT2D eigenvalue weighted by Crippen LogP contribution is 2.36. The van der Waals surface area contributed by atoms with Crippen molar-refractivity contribution in [3.05, 3.63) is 0 Å². The lowest BCUT2D eigenvalue weighted by molar-refractivity contribution is -0.177. The standard InChI is InChI=1S/C18H32O4/c1-4-7-13-18(14-8-5-2,16(19)21-6-3)17(20)22-15-11-9-10-12-15/h15H,4-14H2,1-3H3. The predicted molar refractivity (Wildman–Crippen MR) is 86.5 cm³/mol. The molecule has 1 saturated carbocycles. The van der Waals surface area contributed by atoms with Crippen LogP contribution in [0.5, 0.6) is 0 Å². The smallest absolute Gasteiger partial charge is 0.323 e. The van der Waals surface area contributed by atoms with E-state index >= 15 is 0 Å². The third-order valence-corrected chi connectivity index (χ3v) is 4.55. The highest BCUT2D eigenvalue weighted by Gasteiger charge is 2.48. The minimum atomic E-state index is -1.09. The summed E-state index contributed by atoms with van der Waals surface area (Å²) in [5.74, 6) is -0.736. The number of ether oxygens (including phenoxy) is 2. The SMILES string of the molecule is CCCCC(CCCC)(C(=O)OCC)C(=O)OC1CCCC1. The Hall–Kier alpha value is -1.06. The van der Waals surface area contributed by atoms with Crippen LogP contribution in [0.1, 0.15) is 85.0 Å². The van der Waals surface area contributed by atoms with E-state index in [1.807, 2.05) is 0 Å². The van der Waals surface area contributed by atoms with Gasteiger partial charge in [-0.1, -0.05) is 39.5 Å². The van der Waals surface area contributed by atoms with Crippen molar-refractivity contribution in [3.8, 4) is 0 Å². The molecule has 0 radical (unpaired) electrons. The molecule has 4 nitrogen and oxygen atoms in total. The van der Waals surface area contributed by atoms with Gasteiger partial charge in [-0.25, -0.2) is 0 Å². The van der Waals surface area contributed by atoms with Crippen molar-refractivity contribution < 1.29 is 19.1 Å². The summed E-state index contributed by atoms with van der Waals surface area (Å²) < 4.78 is 10.9. The van der Waals surface area contributed by atoms with Crippen LogP contribution in [-0.2, 0) is 19.1 Å². The van der Waals surface area contributed by atoms with E-state index in [-0.39, 0.29) is 18.0 Å². The Bertz CT molecular complexity index is 337. The number of carbonyl (C=O) groups excluding carboxylic acids is 2. The van der Waals surface area contributed by atoms with Crippen LogP contribution in [-0.4, -0.2) is 24.6 Å². The molecule has 0 atom stereocenters. The van der Waals surface area contributed by atoms with Gasteiger partial charge in [0.05, 0.1) is 6.61 Å². The minimum Gasteiger partial charge on any atom is -0.465 e. The highest BCUT2D eigenvalue weighted by molar-refractivity contribution is 6.00. The molecule has 0 heterocycles. The summed E-state index contributed by atoms with van der Waals surface area (Å²) in [5, 5.41) is 0. The molecule has 22 heavy (non-hydrogen) atoms. The van der Waals surface area contributed by atoms with E-state index < -0.39 is 5.41 Å². The Morgan fingerprint density at radius 3 is 1.95 bits per heavy atom. The fourth-order valence-electron chi connectivity index (χ4n) is 3.11. The summed E-state index contributed by atoms with van der Waals surface area (Å²) in [7, 11) is 0. The molecule has 1 fully saturated rings. The van der Waals surface area contributed by atoms with Gasteiger partial charge in [0.15, 0.2) is 5.41 Å². The van der Waals surface area contributed by atoms with E-state index in [0.29, 0.717) is 19.4 Å². The van der Waals surface area contributed by atoms with Gasteiger partial charge in [-0.3, -0.25) is 9.59 Å².